The van der Waals surface area contributed by atoms with Crippen LogP contribution in [0.5, 0.6) is 0 Å². The number of benzene rings is 1. The van der Waals surface area contributed by atoms with E-state index in [1.54, 1.807) is 12.1 Å². The van der Waals surface area contributed by atoms with Gasteiger partial charge in [0.15, 0.2) is 0 Å². The van der Waals surface area contributed by atoms with E-state index in [4.69, 9.17) is 5.73 Å². The fraction of sp³-hybridized carbons (Fsp3) is 0.600. The number of rotatable bonds is 6. The number of nitrogens with two attached hydrogens (primary N) is 1. The molecule has 21 heavy (non-hydrogen) atoms. The van der Waals surface area contributed by atoms with Crippen molar-refractivity contribution in [2.75, 3.05) is 6.54 Å². The summed E-state index contributed by atoms with van der Waals surface area (Å²) in [6.45, 7) is 0.837. The molecule has 0 aromatic heterocycles. The lowest BCUT2D eigenvalue weighted by molar-refractivity contribution is 0.339. The fourth-order valence-corrected chi connectivity index (χ4v) is 4.89. The Balaban J connectivity index is 1.97. The highest BCUT2D eigenvalue weighted by Gasteiger charge is 2.19. The first-order valence-corrected chi connectivity index (χ1v) is 9.78. The van der Waals surface area contributed by atoms with Crippen molar-refractivity contribution in [3.05, 3.63) is 28.2 Å². The molecule has 0 unspecified atom stereocenters. The summed E-state index contributed by atoms with van der Waals surface area (Å²) < 4.78 is 28.1. The van der Waals surface area contributed by atoms with Gasteiger partial charge < -0.3 is 5.73 Å². The Morgan fingerprint density at radius 2 is 1.95 bits per heavy atom. The van der Waals surface area contributed by atoms with E-state index in [-0.39, 0.29) is 4.90 Å². The third-order valence-electron chi connectivity index (χ3n) is 4.09. The second-order valence-electron chi connectivity index (χ2n) is 5.66. The first kappa shape index (κ1) is 16.9. The van der Waals surface area contributed by atoms with Gasteiger partial charge in [0.2, 0.25) is 10.0 Å². The van der Waals surface area contributed by atoms with Crippen LogP contribution < -0.4 is 10.5 Å². The van der Waals surface area contributed by atoms with E-state index in [0.717, 1.165) is 12.0 Å². The van der Waals surface area contributed by atoms with Crippen molar-refractivity contribution in [3.8, 4) is 0 Å². The first-order valence-electron chi connectivity index (χ1n) is 7.51. The predicted molar refractivity (Wildman–Crippen MR) is 88.4 cm³/mol. The number of sulfonamides is 1. The van der Waals surface area contributed by atoms with Crippen molar-refractivity contribution < 1.29 is 8.42 Å². The van der Waals surface area contributed by atoms with Crippen LogP contribution in [-0.2, 0) is 16.6 Å². The van der Waals surface area contributed by atoms with Gasteiger partial charge in [-0.1, -0.05) is 38.2 Å². The van der Waals surface area contributed by atoms with Gasteiger partial charge >= 0.3 is 0 Å². The lowest BCUT2D eigenvalue weighted by Gasteiger charge is -2.21. The third kappa shape index (κ3) is 4.77. The summed E-state index contributed by atoms with van der Waals surface area (Å²) in [5.74, 6) is 0.667. The normalized spacial score (nSPS) is 17.0. The van der Waals surface area contributed by atoms with Crippen molar-refractivity contribution in [2.24, 2.45) is 11.7 Å². The van der Waals surface area contributed by atoms with Gasteiger partial charge in [0.1, 0.15) is 0 Å². The average Bonchev–Trinajstić information content (AvgIpc) is 2.48. The van der Waals surface area contributed by atoms with E-state index >= 15 is 0 Å². The number of halogens is 1. The van der Waals surface area contributed by atoms with Crippen LogP contribution >= 0.6 is 15.9 Å². The van der Waals surface area contributed by atoms with Crippen LogP contribution in [0.25, 0.3) is 0 Å². The maximum absolute atomic E-state index is 12.4. The SMILES string of the molecule is NCc1ccc(Br)c(S(=O)(=O)NCCC2CCCCC2)c1. The second-order valence-corrected chi connectivity index (χ2v) is 8.25. The molecule has 0 aliphatic heterocycles. The summed E-state index contributed by atoms with van der Waals surface area (Å²) in [5, 5.41) is 0. The second kappa shape index (κ2) is 7.72. The molecule has 3 N–H and O–H groups in total. The molecule has 1 aromatic rings. The summed E-state index contributed by atoms with van der Waals surface area (Å²) in [7, 11) is -3.48. The lowest BCUT2D eigenvalue weighted by atomic mass is 9.87. The number of nitrogens with one attached hydrogen (secondary N) is 1. The molecule has 6 heteroatoms. The molecule has 0 amide bonds. The van der Waals surface area contributed by atoms with Crippen LogP contribution in [0.1, 0.15) is 44.1 Å². The average molecular weight is 375 g/mol. The van der Waals surface area contributed by atoms with Crippen molar-refractivity contribution in [2.45, 2.75) is 50.0 Å². The molecule has 0 heterocycles. The largest absolute Gasteiger partial charge is 0.326 e. The summed E-state index contributed by atoms with van der Waals surface area (Å²) in [6.07, 6.45) is 7.26. The molecule has 1 aromatic carbocycles. The van der Waals surface area contributed by atoms with Gasteiger partial charge in [0.05, 0.1) is 4.90 Å². The zero-order valence-electron chi connectivity index (χ0n) is 12.1. The van der Waals surface area contributed by atoms with Crippen molar-refractivity contribution in [1.29, 1.82) is 0 Å². The quantitative estimate of drug-likeness (QED) is 0.802. The Hall–Kier alpha value is -0.430. The zero-order chi connectivity index (χ0) is 15.3. The van der Waals surface area contributed by atoms with Crippen LogP contribution in [-0.4, -0.2) is 15.0 Å². The topological polar surface area (TPSA) is 72.2 Å². The molecule has 0 radical (unpaired) electrons. The van der Waals surface area contributed by atoms with E-state index in [1.807, 2.05) is 6.07 Å². The van der Waals surface area contributed by atoms with E-state index in [0.29, 0.717) is 23.5 Å². The maximum atomic E-state index is 12.4. The molecular formula is C15H23BrN2O2S. The minimum Gasteiger partial charge on any atom is -0.326 e. The molecule has 2 rings (SSSR count). The molecule has 1 aliphatic rings. The van der Waals surface area contributed by atoms with Crippen molar-refractivity contribution in [1.82, 2.24) is 4.72 Å². The molecular weight excluding hydrogens is 352 g/mol. The van der Waals surface area contributed by atoms with E-state index in [2.05, 4.69) is 20.7 Å². The van der Waals surface area contributed by atoms with Gasteiger partial charge in [-0.2, -0.15) is 0 Å². The Morgan fingerprint density at radius 3 is 2.62 bits per heavy atom. The smallest absolute Gasteiger partial charge is 0.241 e. The molecule has 4 nitrogen and oxygen atoms in total. The van der Waals surface area contributed by atoms with E-state index in [1.165, 1.54) is 32.1 Å². The molecule has 1 aliphatic carbocycles. The number of hydrogen-bond acceptors (Lipinski definition) is 3. The predicted octanol–water partition coefficient (Wildman–Crippen LogP) is 3.16. The van der Waals surface area contributed by atoms with Gasteiger partial charge in [-0.25, -0.2) is 13.1 Å². The summed E-state index contributed by atoms with van der Waals surface area (Å²) in [6, 6.07) is 5.19. The summed E-state index contributed by atoms with van der Waals surface area (Å²) >= 11 is 3.30. The fourth-order valence-electron chi connectivity index (χ4n) is 2.83. The van der Waals surface area contributed by atoms with Crippen molar-refractivity contribution >= 4 is 26.0 Å². The molecule has 1 saturated carbocycles. The highest BCUT2D eigenvalue weighted by atomic mass is 79.9. The van der Waals surface area contributed by atoms with Gasteiger partial charge in [0, 0.05) is 17.6 Å². The summed E-state index contributed by atoms with van der Waals surface area (Å²) in [4.78, 5) is 0.272. The van der Waals surface area contributed by atoms with Crippen LogP contribution in [0, 0.1) is 5.92 Å². The summed E-state index contributed by atoms with van der Waals surface area (Å²) in [5.41, 5.74) is 6.39. The third-order valence-corrected chi connectivity index (χ3v) is 6.55. The number of hydrogen-bond donors (Lipinski definition) is 2. The van der Waals surface area contributed by atoms with Gasteiger partial charge in [-0.15, -0.1) is 0 Å². The zero-order valence-corrected chi connectivity index (χ0v) is 14.5. The lowest BCUT2D eigenvalue weighted by Crippen LogP contribution is -2.27. The standard InChI is InChI=1S/C15H23BrN2O2S/c16-14-7-6-13(11-17)10-15(14)21(19,20)18-9-8-12-4-2-1-3-5-12/h6-7,10,12,18H,1-5,8-9,11,17H2. The molecule has 0 saturated heterocycles. The van der Waals surface area contributed by atoms with E-state index < -0.39 is 10.0 Å². The van der Waals surface area contributed by atoms with Gasteiger partial charge in [0.25, 0.3) is 0 Å². The minimum absolute atomic E-state index is 0.272. The van der Waals surface area contributed by atoms with Crippen LogP contribution in [0.15, 0.2) is 27.6 Å². The molecule has 0 bridgehead atoms. The molecule has 0 spiro atoms. The monoisotopic (exact) mass is 374 g/mol. The Labute approximate surface area is 135 Å². The maximum Gasteiger partial charge on any atom is 0.241 e. The first-order chi connectivity index (χ1) is 10.0. The molecule has 118 valence electrons. The highest BCUT2D eigenvalue weighted by molar-refractivity contribution is 9.10. The highest BCUT2D eigenvalue weighted by Crippen LogP contribution is 2.26. The van der Waals surface area contributed by atoms with E-state index in [9.17, 15) is 8.42 Å². The van der Waals surface area contributed by atoms with Crippen LogP contribution in [0.4, 0.5) is 0 Å². The Morgan fingerprint density at radius 1 is 1.24 bits per heavy atom. The Bertz CT molecular complexity index is 569. The molecule has 0 atom stereocenters. The minimum atomic E-state index is -3.48. The van der Waals surface area contributed by atoms with Crippen LogP contribution in [0.3, 0.4) is 0 Å². The van der Waals surface area contributed by atoms with Gasteiger partial charge in [-0.3, -0.25) is 0 Å². The Kier molecular flexibility index (Phi) is 6.22. The van der Waals surface area contributed by atoms with Crippen molar-refractivity contribution in [3.63, 3.8) is 0 Å². The molecule has 1 fully saturated rings. The van der Waals surface area contributed by atoms with Crippen LogP contribution in [0.2, 0.25) is 0 Å². The van der Waals surface area contributed by atoms with Gasteiger partial charge in [-0.05, 0) is 46.0 Å².